The van der Waals surface area contributed by atoms with E-state index in [9.17, 15) is 19.5 Å². The Morgan fingerprint density at radius 2 is 1.64 bits per heavy atom. The quantitative estimate of drug-likeness (QED) is 0.429. The van der Waals surface area contributed by atoms with Crippen LogP contribution in [0, 0.1) is 0 Å². The van der Waals surface area contributed by atoms with Crippen molar-refractivity contribution >= 4 is 63.0 Å². The van der Waals surface area contributed by atoms with Crippen molar-refractivity contribution in [3.8, 4) is 0 Å². The van der Waals surface area contributed by atoms with Gasteiger partial charge in [-0.2, -0.15) is 0 Å². The minimum absolute atomic E-state index is 0.0643. The van der Waals surface area contributed by atoms with Gasteiger partial charge < -0.3 is 14.8 Å². The Kier molecular flexibility index (Phi) is 5.32. The van der Waals surface area contributed by atoms with Crippen LogP contribution in [0.2, 0.25) is 0 Å². The lowest BCUT2D eigenvalue weighted by Gasteiger charge is -2.17. The molecule has 0 aromatic heterocycles. The van der Waals surface area contributed by atoms with Crippen LogP contribution in [0.1, 0.15) is 21.5 Å². The molecule has 0 radical (unpaired) electrons. The SMILES string of the molecule is O=C([O-])c1cccc(N2C(=O)/C(=C3/C(=O)N(Cc4ccccc4)c4ccccc43)SC2=S)c1. The van der Waals surface area contributed by atoms with E-state index < -0.39 is 11.9 Å². The van der Waals surface area contributed by atoms with Gasteiger partial charge in [-0.1, -0.05) is 84.6 Å². The van der Waals surface area contributed by atoms with Crippen LogP contribution in [0.15, 0.2) is 83.8 Å². The lowest BCUT2D eigenvalue weighted by Crippen LogP contribution is -2.29. The molecule has 0 bridgehead atoms. The summed E-state index contributed by atoms with van der Waals surface area (Å²) in [6, 6.07) is 22.8. The fraction of sp³-hybridized carbons (Fsp3) is 0.0400. The molecule has 0 N–H and O–H groups in total. The van der Waals surface area contributed by atoms with E-state index in [1.165, 1.54) is 23.1 Å². The number of thiocarbonyl (C=S) groups is 1. The number of para-hydroxylation sites is 1. The molecule has 1 saturated heterocycles. The molecule has 0 atom stereocenters. The molecule has 0 spiro atoms. The molecule has 2 aliphatic rings. The Morgan fingerprint density at radius 3 is 2.39 bits per heavy atom. The van der Waals surface area contributed by atoms with Gasteiger partial charge in [0.1, 0.15) is 0 Å². The van der Waals surface area contributed by atoms with Gasteiger partial charge in [-0.05, 0) is 29.3 Å². The molecule has 6 nitrogen and oxygen atoms in total. The number of carbonyl (C=O) groups excluding carboxylic acids is 3. The van der Waals surface area contributed by atoms with Gasteiger partial charge >= 0.3 is 0 Å². The highest BCUT2D eigenvalue weighted by atomic mass is 32.2. The standard InChI is InChI=1S/C25H16N2O4S2/c28-22-20(18-11-4-5-12-19(18)26(22)14-15-7-2-1-3-8-15)21-23(29)27(25(32)33-21)17-10-6-9-16(13-17)24(30)31/h1-13H,14H2,(H,30,31)/p-1/b21-20-. The maximum Gasteiger partial charge on any atom is 0.271 e. The number of thioether (sulfide) groups is 1. The lowest BCUT2D eigenvalue weighted by molar-refractivity contribution is -0.255. The molecule has 2 heterocycles. The number of hydrogen-bond donors (Lipinski definition) is 0. The third kappa shape index (κ3) is 3.63. The van der Waals surface area contributed by atoms with Gasteiger partial charge in [0.05, 0.1) is 34.4 Å². The second-order valence-electron chi connectivity index (χ2n) is 7.44. The maximum atomic E-state index is 13.5. The summed E-state index contributed by atoms with van der Waals surface area (Å²) < 4.78 is 0.227. The Morgan fingerprint density at radius 1 is 0.909 bits per heavy atom. The van der Waals surface area contributed by atoms with E-state index >= 15 is 0 Å². The summed E-state index contributed by atoms with van der Waals surface area (Å²) >= 11 is 6.48. The summed E-state index contributed by atoms with van der Waals surface area (Å²) in [5.41, 5.74) is 2.92. The van der Waals surface area contributed by atoms with Crippen LogP contribution >= 0.6 is 24.0 Å². The zero-order valence-corrected chi connectivity index (χ0v) is 18.7. The second kappa shape index (κ2) is 8.31. The van der Waals surface area contributed by atoms with Gasteiger partial charge in [-0.3, -0.25) is 14.5 Å². The summed E-state index contributed by atoms with van der Waals surface area (Å²) in [5, 5.41) is 11.3. The molecule has 1 fully saturated rings. The number of nitrogens with zero attached hydrogens (tertiary/aromatic N) is 2. The highest BCUT2D eigenvalue weighted by molar-refractivity contribution is 8.27. The number of carboxylic acids is 1. The third-order valence-electron chi connectivity index (χ3n) is 5.44. The van der Waals surface area contributed by atoms with Crippen LogP contribution in [0.4, 0.5) is 11.4 Å². The van der Waals surface area contributed by atoms with E-state index in [1.807, 2.05) is 54.6 Å². The molecule has 2 amide bonds. The molecular weight excluding hydrogens is 456 g/mol. The molecule has 5 rings (SSSR count). The van der Waals surface area contributed by atoms with Crippen LogP contribution in [0.5, 0.6) is 0 Å². The molecule has 33 heavy (non-hydrogen) atoms. The van der Waals surface area contributed by atoms with E-state index in [-0.39, 0.29) is 20.7 Å². The highest BCUT2D eigenvalue weighted by Crippen LogP contribution is 2.46. The van der Waals surface area contributed by atoms with Crippen molar-refractivity contribution in [3.63, 3.8) is 0 Å². The average Bonchev–Trinajstić information content (AvgIpc) is 3.26. The highest BCUT2D eigenvalue weighted by Gasteiger charge is 2.42. The molecule has 2 aliphatic heterocycles. The number of carbonyl (C=O) groups is 3. The summed E-state index contributed by atoms with van der Waals surface area (Å²) in [6.07, 6.45) is 0. The van der Waals surface area contributed by atoms with Crippen molar-refractivity contribution in [1.82, 2.24) is 0 Å². The summed E-state index contributed by atoms with van der Waals surface area (Å²) in [5.74, 6) is -2.08. The fourth-order valence-electron chi connectivity index (χ4n) is 3.94. The van der Waals surface area contributed by atoms with E-state index in [1.54, 1.807) is 11.0 Å². The molecule has 3 aromatic rings. The Bertz CT molecular complexity index is 1370. The van der Waals surface area contributed by atoms with Crippen molar-refractivity contribution in [3.05, 3.63) is 100 Å². The first kappa shape index (κ1) is 21.1. The monoisotopic (exact) mass is 471 g/mol. The largest absolute Gasteiger partial charge is 0.545 e. The smallest absolute Gasteiger partial charge is 0.271 e. The minimum atomic E-state index is -1.35. The Labute approximate surface area is 199 Å². The molecule has 0 saturated carbocycles. The number of carboxylic acid groups (broad SMARTS) is 1. The fourth-order valence-corrected chi connectivity index (χ4v) is 5.31. The number of benzene rings is 3. The predicted octanol–water partition coefficient (Wildman–Crippen LogP) is 3.37. The normalized spacial score (nSPS) is 17.6. The maximum absolute atomic E-state index is 13.5. The zero-order valence-electron chi connectivity index (χ0n) is 17.1. The van der Waals surface area contributed by atoms with Gasteiger partial charge in [-0.15, -0.1) is 0 Å². The Hall–Kier alpha value is -3.75. The van der Waals surface area contributed by atoms with E-state index in [2.05, 4.69) is 0 Å². The van der Waals surface area contributed by atoms with Crippen molar-refractivity contribution in [1.29, 1.82) is 0 Å². The summed E-state index contributed by atoms with van der Waals surface area (Å²) in [4.78, 5) is 41.4. The minimum Gasteiger partial charge on any atom is -0.545 e. The van der Waals surface area contributed by atoms with Gasteiger partial charge in [-0.25, -0.2) is 0 Å². The number of hydrogen-bond acceptors (Lipinski definition) is 6. The van der Waals surface area contributed by atoms with Gasteiger partial charge in [0.2, 0.25) is 0 Å². The van der Waals surface area contributed by atoms with Crippen LogP contribution in [-0.4, -0.2) is 22.1 Å². The molecule has 0 unspecified atom stereocenters. The van der Waals surface area contributed by atoms with Gasteiger partial charge in [0.15, 0.2) is 4.32 Å². The van der Waals surface area contributed by atoms with Crippen molar-refractivity contribution in [2.45, 2.75) is 6.54 Å². The van der Waals surface area contributed by atoms with Crippen LogP contribution < -0.4 is 14.9 Å². The van der Waals surface area contributed by atoms with Gasteiger partial charge in [0, 0.05) is 5.56 Å². The predicted molar refractivity (Wildman–Crippen MR) is 129 cm³/mol. The first-order valence-corrected chi connectivity index (χ1v) is 11.3. The number of anilines is 2. The van der Waals surface area contributed by atoms with Crippen LogP contribution in [-0.2, 0) is 16.1 Å². The van der Waals surface area contributed by atoms with Crippen molar-refractivity contribution in [2.24, 2.45) is 0 Å². The number of aromatic carboxylic acids is 1. The van der Waals surface area contributed by atoms with Crippen LogP contribution in [0.3, 0.4) is 0 Å². The first-order chi connectivity index (χ1) is 16.0. The molecule has 8 heteroatoms. The Balaban J connectivity index is 1.57. The van der Waals surface area contributed by atoms with Gasteiger partial charge in [0.25, 0.3) is 11.8 Å². The molecular formula is C25H15N2O4S2-. The zero-order chi connectivity index (χ0) is 23.1. The average molecular weight is 472 g/mol. The van der Waals surface area contributed by atoms with Crippen molar-refractivity contribution in [2.75, 3.05) is 9.80 Å². The topological polar surface area (TPSA) is 80.7 Å². The summed E-state index contributed by atoms with van der Waals surface area (Å²) in [6.45, 7) is 0.369. The van der Waals surface area contributed by atoms with E-state index in [0.29, 0.717) is 23.4 Å². The van der Waals surface area contributed by atoms with Crippen molar-refractivity contribution < 1.29 is 19.5 Å². The molecule has 3 aromatic carbocycles. The molecule has 162 valence electrons. The molecule has 0 aliphatic carbocycles. The lowest BCUT2D eigenvalue weighted by atomic mass is 10.1. The number of amides is 2. The van der Waals surface area contributed by atoms with E-state index in [0.717, 1.165) is 23.0 Å². The van der Waals surface area contributed by atoms with E-state index in [4.69, 9.17) is 12.2 Å². The second-order valence-corrected chi connectivity index (χ2v) is 9.09. The number of fused-ring (bicyclic) bond motifs is 1. The third-order valence-corrected chi connectivity index (χ3v) is 6.82. The van der Waals surface area contributed by atoms with Crippen LogP contribution in [0.25, 0.3) is 5.57 Å². The first-order valence-electron chi connectivity index (χ1n) is 10.0. The number of rotatable bonds is 4. The summed E-state index contributed by atoms with van der Waals surface area (Å²) in [7, 11) is 0.